The SMILES string of the molecule is c1ccc2c(c1)Nc1ccc(-n3c4cc5sc6ccccc6c5cc4c4ncccc43)cc1S2. The van der Waals surface area contributed by atoms with Gasteiger partial charge < -0.3 is 9.88 Å². The molecule has 4 aromatic carbocycles. The summed E-state index contributed by atoms with van der Waals surface area (Å²) in [4.78, 5) is 7.30. The molecule has 0 aliphatic carbocycles. The van der Waals surface area contributed by atoms with Gasteiger partial charge in [-0.25, -0.2) is 0 Å². The van der Waals surface area contributed by atoms with E-state index in [0.29, 0.717) is 0 Å². The summed E-state index contributed by atoms with van der Waals surface area (Å²) in [5, 5.41) is 7.40. The third-order valence-electron chi connectivity index (χ3n) is 6.62. The highest BCUT2D eigenvalue weighted by molar-refractivity contribution is 7.99. The van der Waals surface area contributed by atoms with E-state index in [2.05, 4.69) is 94.8 Å². The highest BCUT2D eigenvalue weighted by atomic mass is 32.2. The van der Waals surface area contributed by atoms with Gasteiger partial charge in [0.05, 0.1) is 27.9 Å². The zero-order valence-corrected chi connectivity index (χ0v) is 19.6. The molecule has 0 radical (unpaired) electrons. The number of para-hydroxylation sites is 1. The van der Waals surface area contributed by atoms with Crippen LogP contribution in [-0.4, -0.2) is 9.55 Å². The fourth-order valence-electron chi connectivity index (χ4n) is 5.09. The third-order valence-corrected chi connectivity index (χ3v) is 8.89. The summed E-state index contributed by atoms with van der Waals surface area (Å²) in [7, 11) is 0. The van der Waals surface area contributed by atoms with Crippen molar-refractivity contribution in [1.82, 2.24) is 9.55 Å². The summed E-state index contributed by atoms with van der Waals surface area (Å²) >= 11 is 3.68. The molecule has 0 fully saturated rings. The molecular weight excluding hydrogens is 454 g/mol. The van der Waals surface area contributed by atoms with E-state index in [4.69, 9.17) is 4.98 Å². The molecule has 34 heavy (non-hydrogen) atoms. The fourth-order valence-corrected chi connectivity index (χ4v) is 7.23. The van der Waals surface area contributed by atoms with Gasteiger partial charge in [0, 0.05) is 47.2 Å². The van der Waals surface area contributed by atoms with E-state index in [1.54, 1.807) is 0 Å². The zero-order chi connectivity index (χ0) is 22.2. The van der Waals surface area contributed by atoms with Crippen molar-refractivity contribution in [3.8, 4) is 5.69 Å². The first kappa shape index (κ1) is 18.6. The summed E-state index contributed by atoms with van der Waals surface area (Å²) in [5.41, 5.74) is 6.85. The van der Waals surface area contributed by atoms with Crippen molar-refractivity contribution in [2.75, 3.05) is 5.32 Å². The molecule has 160 valence electrons. The topological polar surface area (TPSA) is 29.9 Å². The second kappa shape index (κ2) is 6.86. The Morgan fingerprint density at radius 1 is 0.647 bits per heavy atom. The molecule has 3 aromatic heterocycles. The molecule has 0 unspecified atom stereocenters. The van der Waals surface area contributed by atoms with Crippen LogP contribution in [-0.2, 0) is 0 Å². The van der Waals surface area contributed by atoms with Gasteiger partial charge in [-0.05, 0) is 60.7 Å². The number of hydrogen-bond donors (Lipinski definition) is 1. The molecule has 0 saturated carbocycles. The average molecular weight is 472 g/mol. The lowest BCUT2D eigenvalue weighted by Gasteiger charge is -2.21. The van der Waals surface area contributed by atoms with Gasteiger partial charge in [-0.3, -0.25) is 4.98 Å². The fraction of sp³-hybridized carbons (Fsp3) is 0. The Bertz CT molecular complexity index is 1930. The lowest BCUT2D eigenvalue weighted by molar-refractivity contribution is 1.15. The second-order valence-corrected chi connectivity index (χ2v) is 10.7. The van der Waals surface area contributed by atoms with Crippen LogP contribution >= 0.6 is 23.1 Å². The second-order valence-electron chi connectivity index (χ2n) is 8.57. The van der Waals surface area contributed by atoms with Crippen LogP contribution in [0.1, 0.15) is 0 Å². The molecular formula is C29H17N3S2. The van der Waals surface area contributed by atoms with Gasteiger partial charge in [0.25, 0.3) is 0 Å². The molecule has 7 aromatic rings. The van der Waals surface area contributed by atoms with E-state index in [-0.39, 0.29) is 0 Å². The Morgan fingerprint density at radius 3 is 2.53 bits per heavy atom. The Balaban J connectivity index is 1.41. The molecule has 0 saturated heterocycles. The molecule has 4 heterocycles. The highest BCUT2D eigenvalue weighted by Gasteiger charge is 2.19. The van der Waals surface area contributed by atoms with Crippen LogP contribution in [0.25, 0.3) is 47.8 Å². The molecule has 5 heteroatoms. The van der Waals surface area contributed by atoms with Crippen molar-refractivity contribution in [1.29, 1.82) is 0 Å². The minimum absolute atomic E-state index is 1.04. The first-order valence-electron chi connectivity index (χ1n) is 11.2. The van der Waals surface area contributed by atoms with Gasteiger partial charge in [0.15, 0.2) is 0 Å². The van der Waals surface area contributed by atoms with Crippen LogP contribution < -0.4 is 5.32 Å². The van der Waals surface area contributed by atoms with Crippen LogP contribution in [0, 0.1) is 0 Å². The van der Waals surface area contributed by atoms with Crippen molar-refractivity contribution in [3.63, 3.8) is 0 Å². The molecule has 8 rings (SSSR count). The number of hydrogen-bond acceptors (Lipinski definition) is 4. The Hall–Kier alpha value is -3.80. The van der Waals surface area contributed by atoms with E-state index in [0.717, 1.165) is 22.4 Å². The number of nitrogens with one attached hydrogen (secondary N) is 1. The van der Waals surface area contributed by atoms with Gasteiger partial charge in [-0.2, -0.15) is 0 Å². The number of anilines is 2. The van der Waals surface area contributed by atoms with E-state index in [9.17, 15) is 0 Å². The van der Waals surface area contributed by atoms with E-state index >= 15 is 0 Å². The highest BCUT2D eigenvalue weighted by Crippen LogP contribution is 2.46. The lowest BCUT2D eigenvalue weighted by atomic mass is 10.1. The molecule has 0 atom stereocenters. The maximum atomic E-state index is 4.81. The van der Waals surface area contributed by atoms with Gasteiger partial charge in [-0.15, -0.1) is 11.3 Å². The smallest absolute Gasteiger partial charge is 0.0963 e. The number of aromatic nitrogens is 2. The minimum Gasteiger partial charge on any atom is -0.354 e. The van der Waals surface area contributed by atoms with Crippen LogP contribution in [0.15, 0.2) is 107 Å². The van der Waals surface area contributed by atoms with Crippen LogP contribution in [0.2, 0.25) is 0 Å². The summed E-state index contributed by atoms with van der Waals surface area (Å²) in [6.45, 7) is 0. The first-order chi connectivity index (χ1) is 16.8. The van der Waals surface area contributed by atoms with Crippen LogP contribution in [0.5, 0.6) is 0 Å². The van der Waals surface area contributed by atoms with Gasteiger partial charge in [0.2, 0.25) is 0 Å². The van der Waals surface area contributed by atoms with Crippen LogP contribution in [0.4, 0.5) is 11.4 Å². The molecule has 0 bridgehead atoms. The Morgan fingerprint density at radius 2 is 1.53 bits per heavy atom. The number of fused-ring (bicyclic) bond motifs is 8. The summed E-state index contributed by atoms with van der Waals surface area (Å²) in [6, 6.07) is 32.7. The molecule has 1 aliphatic heterocycles. The van der Waals surface area contributed by atoms with Crippen molar-refractivity contribution < 1.29 is 0 Å². The predicted octanol–water partition coefficient (Wildman–Crippen LogP) is 8.75. The normalized spacial score (nSPS) is 12.8. The maximum Gasteiger partial charge on any atom is 0.0963 e. The summed E-state index contributed by atoms with van der Waals surface area (Å²) in [5.74, 6) is 0. The molecule has 0 amide bonds. The number of thiophene rings is 1. The number of nitrogens with zero attached hydrogens (tertiary/aromatic N) is 2. The summed E-state index contributed by atoms with van der Waals surface area (Å²) in [6.07, 6.45) is 1.89. The van der Waals surface area contributed by atoms with Crippen LogP contribution in [0.3, 0.4) is 0 Å². The standard InChI is InChI=1S/C29H17N3S2/c1-3-9-25-18(6-1)19-15-20-24(16-27(19)33-25)32(23-8-5-13-30-29(20)23)17-11-12-22-28(14-17)34-26-10-4-2-7-21(26)31-22/h1-16,31H. The number of pyridine rings is 1. The van der Waals surface area contributed by atoms with Gasteiger partial charge in [-0.1, -0.05) is 42.1 Å². The molecule has 3 nitrogen and oxygen atoms in total. The van der Waals surface area contributed by atoms with Crippen molar-refractivity contribution in [3.05, 3.63) is 97.2 Å². The Labute approximate surface area is 203 Å². The van der Waals surface area contributed by atoms with E-state index < -0.39 is 0 Å². The van der Waals surface area contributed by atoms with Gasteiger partial charge in [0.1, 0.15) is 0 Å². The van der Waals surface area contributed by atoms with Crippen molar-refractivity contribution in [2.45, 2.75) is 9.79 Å². The monoisotopic (exact) mass is 471 g/mol. The molecule has 0 spiro atoms. The van der Waals surface area contributed by atoms with Crippen molar-refractivity contribution in [2.24, 2.45) is 0 Å². The third kappa shape index (κ3) is 2.56. The first-order valence-corrected chi connectivity index (χ1v) is 12.9. The number of rotatable bonds is 1. The lowest BCUT2D eigenvalue weighted by Crippen LogP contribution is -2.01. The average Bonchev–Trinajstić information content (AvgIpc) is 3.40. The maximum absolute atomic E-state index is 4.81. The molecule has 1 N–H and O–H groups in total. The quantitative estimate of drug-likeness (QED) is 0.259. The predicted molar refractivity (Wildman–Crippen MR) is 145 cm³/mol. The van der Waals surface area contributed by atoms with E-state index in [1.807, 2.05) is 35.4 Å². The van der Waals surface area contributed by atoms with Crippen molar-refractivity contribution >= 4 is 76.6 Å². The molecule has 1 aliphatic rings. The summed E-state index contributed by atoms with van der Waals surface area (Å²) < 4.78 is 4.99. The minimum atomic E-state index is 1.04. The zero-order valence-electron chi connectivity index (χ0n) is 17.9. The van der Waals surface area contributed by atoms with Gasteiger partial charge >= 0.3 is 0 Å². The Kier molecular flexibility index (Phi) is 3.75. The largest absolute Gasteiger partial charge is 0.354 e. The van der Waals surface area contributed by atoms with E-state index in [1.165, 1.54) is 46.6 Å². The number of benzene rings is 4.